The molecular formula is C34H42O4. The maximum Gasteiger partial charge on any atom is 0.343 e. The monoisotopic (exact) mass is 514 g/mol. The van der Waals surface area contributed by atoms with Gasteiger partial charge in [0.1, 0.15) is 17.1 Å². The summed E-state index contributed by atoms with van der Waals surface area (Å²) in [6.45, 7) is 16.3. The SMILES string of the molecule is CCCC(C)(c1ccc(OC(=O)c2cccc(C(=O)C(C)(C)C)c2)cc1)c1ccc(OC(C)(C)CC)cc1. The second kappa shape index (κ2) is 11.6. The van der Waals surface area contributed by atoms with Gasteiger partial charge in [-0.25, -0.2) is 4.79 Å². The third-order valence-corrected chi connectivity index (χ3v) is 7.23. The van der Waals surface area contributed by atoms with Crippen LogP contribution >= 0.6 is 0 Å². The second-order valence-corrected chi connectivity index (χ2v) is 11.9. The molecule has 0 fully saturated rings. The van der Waals surface area contributed by atoms with E-state index in [0.29, 0.717) is 16.9 Å². The summed E-state index contributed by atoms with van der Waals surface area (Å²) in [5.41, 5.74) is 2.30. The summed E-state index contributed by atoms with van der Waals surface area (Å²) >= 11 is 0. The van der Waals surface area contributed by atoms with Crippen LogP contribution in [0.4, 0.5) is 0 Å². The fourth-order valence-corrected chi connectivity index (χ4v) is 4.51. The van der Waals surface area contributed by atoms with Crippen molar-refractivity contribution in [2.24, 2.45) is 5.41 Å². The van der Waals surface area contributed by atoms with Gasteiger partial charge in [-0.2, -0.15) is 0 Å². The first-order valence-corrected chi connectivity index (χ1v) is 13.6. The highest BCUT2D eigenvalue weighted by Crippen LogP contribution is 2.38. The van der Waals surface area contributed by atoms with E-state index in [4.69, 9.17) is 9.47 Å². The van der Waals surface area contributed by atoms with Gasteiger partial charge in [0.25, 0.3) is 0 Å². The van der Waals surface area contributed by atoms with E-state index in [1.54, 1.807) is 24.3 Å². The lowest BCUT2D eigenvalue weighted by atomic mass is 9.73. The first-order chi connectivity index (χ1) is 17.8. The zero-order valence-electron chi connectivity index (χ0n) is 24.2. The van der Waals surface area contributed by atoms with E-state index in [9.17, 15) is 9.59 Å². The van der Waals surface area contributed by atoms with Crippen LogP contribution in [0.2, 0.25) is 0 Å². The van der Waals surface area contributed by atoms with Crippen LogP contribution in [0.1, 0.15) is 106 Å². The molecule has 0 N–H and O–H groups in total. The van der Waals surface area contributed by atoms with Crippen molar-refractivity contribution in [3.8, 4) is 11.5 Å². The van der Waals surface area contributed by atoms with E-state index in [1.165, 1.54) is 5.56 Å². The number of ketones is 1. The summed E-state index contributed by atoms with van der Waals surface area (Å²) in [6.07, 6.45) is 2.93. The number of carbonyl (C=O) groups excluding carboxylic acids is 2. The number of ether oxygens (including phenoxy) is 2. The average Bonchev–Trinajstić information content (AvgIpc) is 2.88. The largest absolute Gasteiger partial charge is 0.488 e. The maximum absolute atomic E-state index is 12.9. The molecule has 202 valence electrons. The van der Waals surface area contributed by atoms with E-state index < -0.39 is 11.4 Å². The van der Waals surface area contributed by atoms with Gasteiger partial charge >= 0.3 is 5.97 Å². The van der Waals surface area contributed by atoms with Gasteiger partial charge in [0.05, 0.1) is 5.56 Å². The molecule has 0 aliphatic rings. The number of hydrogen-bond donors (Lipinski definition) is 0. The van der Waals surface area contributed by atoms with Crippen molar-refractivity contribution in [3.05, 3.63) is 95.1 Å². The zero-order valence-corrected chi connectivity index (χ0v) is 24.2. The van der Waals surface area contributed by atoms with Crippen LogP contribution in [0.25, 0.3) is 0 Å². The predicted molar refractivity (Wildman–Crippen MR) is 154 cm³/mol. The first kappa shape index (κ1) is 29.2. The van der Waals surface area contributed by atoms with Crippen LogP contribution in [0, 0.1) is 5.41 Å². The van der Waals surface area contributed by atoms with Crippen LogP contribution in [-0.2, 0) is 5.41 Å². The minimum absolute atomic E-state index is 0.0135. The first-order valence-electron chi connectivity index (χ1n) is 13.6. The Morgan fingerprint density at radius 1 is 0.711 bits per heavy atom. The smallest absolute Gasteiger partial charge is 0.343 e. The minimum atomic E-state index is -0.525. The van der Waals surface area contributed by atoms with Crippen LogP contribution in [0.15, 0.2) is 72.8 Å². The Hall–Kier alpha value is -3.40. The molecule has 0 saturated carbocycles. The summed E-state index contributed by atoms with van der Waals surface area (Å²) in [5, 5.41) is 0. The molecule has 0 spiro atoms. The number of Topliss-reactive ketones (excluding diaryl/α,β-unsaturated/α-hetero) is 1. The standard InChI is InChI=1S/C34H42O4/c1-9-22-34(8,27-16-20-29(21-17-27)38-33(6,7)10-2)26-14-18-28(19-15-26)37-31(36)25-13-11-12-24(23-25)30(35)32(3,4)5/h11-21,23H,9-10,22H2,1-8H3. The lowest BCUT2D eigenvalue weighted by molar-refractivity contribution is 0.0734. The molecule has 4 heteroatoms. The summed E-state index contributed by atoms with van der Waals surface area (Å²) < 4.78 is 11.8. The number of benzene rings is 3. The number of rotatable bonds is 10. The molecule has 0 aliphatic heterocycles. The van der Waals surface area contributed by atoms with Crippen molar-refractivity contribution in [1.29, 1.82) is 0 Å². The van der Waals surface area contributed by atoms with Crippen LogP contribution in [0.3, 0.4) is 0 Å². The number of esters is 1. The van der Waals surface area contributed by atoms with E-state index in [1.807, 2.05) is 45.0 Å². The van der Waals surface area contributed by atoms with Gasteiger partial charge in [-0.1, -0.05) is 84.4 Å². The Balaban J connectivity index is 1.79. The Bertz CT molecular complexity index is 1250. The molecular weight excluding hydrogens is 472 g/mol. The van der Waals surface area contributed by atoms with E-state index in [2.05, 4.69) is 58.9 Å². The van der Waals surface area contributed by atoms with Gasteiger partial charge in [0, 0.05) is 16.4 Å². The average molecular weight is 515 g/mol. The van der Waals surface area contributed by atoms with Gasteiger partial charge in [0.15, 0.2) is 5.78 Å². The van der Waals surface area contributed by atoms with Crippen molar-refractivity contribution in [2.75, 3.05) is 0 Å². The van der Waals surface area contributed by atoms with Gasteiger partial charge in [-0.05, 0) is 74.2 Å². The molecule has 0 aromatic heterocycles. The molecule has 4 nitrogen and oxygen atoms in total. The zero-order chi connectivity index (χ0) is 28.1. The van der Waals surface area contributed by atoms with Gasteiger partial charge < -0.3 is 9.47 Å². The predicted octanol–water partition coefficient (Wildman–Crippen LogP) is 8.81. The lowest BCUT2D eigenvalue weighted by Gasteiger charge is -2.31. The van der Waals surface area contributed by atoms with E-state index >= 15 is 0 Å². The van der Waals surface area contributed by atoms with Crippen LogP contribution < -0.4 is 9.47 Å². The summed E-state index contributed by atoms with van der Waals surface area (Å²) in [5.74, 6) is 0.842. The highest BCUT2D eigenvalue weighted by molar-refractivity contribution is 6.02. The number of carbonyl (C=O) groups is 2. The summed E-state index contributed by atoms with van der Waals surface area (Å²) in [4.78, 5) is 25.5. The quantitative estimate of drug-likeness (QED) is 0.154. The normalized spacial score (nSPS) is 13.5. The molecule has 3 aromatic rings. The minimum Gasteiger partial charge on any atom is -0.488 e. The fraction of sp³-hybridized carbons (Fsp3) is 0.412. The molecule has 0 bridgehead atoms. The third kappa shape index (κ3) is 6.92. The van der Waals surface area contributed by atoms with Gasteiger partial charge in [0.2, 0.25) is 0 Å². The molecule has 1 unspecified atom stereocenters. The Morgan fingerprint density at radius 3 is 1.74 bits per heavy atom. The lowest BCUT2D eigenvalue weighted by Crippen LogP contribution is -2.27. The van der Waals surface area contributed by atoms with Gasteiger partial charge in [-0.3, -0.25) is 4.79 Å². The molecule has 0 saturated heterocycles. The van der Waals surface area contributed by atoms with Crippen molar-refractivity contribution in [1.82, 2.24) is 0 Å². The van der Waals surface area contributed by atoms with E-state index in [-0.39, 0.29) is 16.8 Å². The highest BCUT2D eigenvalue weighted by Gasteiger charge is 2.29. The van der Waals surface area contributed by atoms with Crippen molar-refractivity contribution in [2.45, 2.75) is 85.7 Å². The molecule has 3 rings (SSSR count). The molecule has 0 amide bonds. The Labute approximate surface area is 228 Å². The highest BCUT2D eigenvalue weighted by atomic mass is 16.5. The molecule has 1 atom stereocenters. The Kier molecular flexibility index (Phi) is 8.86. The maximum atomic E-state index is 12.9. The van der Waals surface area contributed by atoms with Crippen LogP contribution in [-0.4, -0.2) is 17.4 Å². The van der Waals surface area contributed by atoms with Crippen molar-refractivity contribution in [3.63, 3.8) is 0 Å². The second-order valence-electron chi connectivity index (χ2n) is 11.9. The topological polar surface area (TPSA) is 52.6 Å². The van der Waals surface area contributed by atoms with Gasteiger partial charge in [-0.15, -0.1) is 0 Å². The molecule has 3 aromatic carbocycles. The van der Waals surface area contributed by atoms with Crippen molar-refractivity contribution < 1.29 is 19.1 Å². The number of hydrogen-bond acceptors (Lipinski definition) is 4. The fourth-order valence-electron chi connectivity index (χ4n) is 4.51. The Morgan fingerprint density at radius 2 is 1.24 bits per heavy atom. The molecule has 0 heterocycles. The molecule has 38 heavy (non-hydrogen) atoms. The van der Waals surface area contributed by atoms with Crippen LogP contribution in [0.5, 0.6) is 11.5 Å². The summed E-state index contributed by atoms with van der Waals surface area (Å²) in [7, 11) is 0. The molecule has 0 radical (unpaired) electrons. The summed E-state index contributed by atoms with van der Waals surface area (Å²) in [6, 6.07) is 22.9. The van der Waals surface area contributed by atoms with E-state index in [0.717, 1.165) is 30.6 Å². The molecule has 0 aliphatic carbocycles. The van der Waals surface area contributed by atoms with Crippen molar-refractivity contribution >= 4 is 11.8 Å². The third-order valence-electron chi connectivity index (χ3n) is 7.23.